The van der Waals surface area contributed by atoms with Crippen LogP contribution in [0.3, 0.4) is 0 Å². The average molecular weight is 327 g/mol. The van der Waals surface area contributed by atoms with Crippen LogP contribution in [0, 0.1) is 17.0 Å². The zero-order chi connectivity index (χ0) is 15.6. The van der Waals surface area contributed by atoms with Crippen LogP contribution in [0.1, 0.15) is 5.56 Å². The van der Waals surface area contributed by atoms with Crippen LogP contribution in [0.2, 0.25) is 5.02 Å². The molecule has 0 amide bonds. The first-order valence-corrected chi connectivity index (χ1v) is 7.69. The van der Waals surface area contributed by atoms with Gasteiger partial charge in [-0.05, 0) is 36.8 Å². The molecule has 0 aromatic heterocycles. The van der Waals surface area contributed by atoms with Gasteiger partial charge in [-0.3, -0.25) is 14.8 Å². The summed E-state index contributed by atoms with van der Waals surface area (Å²) >= 11 is 5.71. The lowest BCUT2D eigenvalue weighted by Crippen LogP contribution is -2.13. The Morgan fingerprint density at radius 2 is 1.76 bits per heavy atom. The molecule has 0 aliphatic heterocycles. The molecular weight excluding hydrogens is 316 g/mol. The molecule has 0 saturated carbocycles. The van der Waals surface area contributed by atoms with Crippen molar-refractivity contribution in [2.24, 2.45) is 0 Å². The summed E-state index contributed by atoms with van der Waals surface area (Å²) < 4.78 is 26.8. The minimum atomic E-state index is -3.83. The van der Waals surface area contributed by atoms with Crippen molar-refractivity contribution in [3.8, 4) is 0 Å². The quantitative estimate of drug-likeness (QED) is 0.689. The van der Waals surface area contributed by atoms with E-state index in [2.05, 4.69) is 4.72 Å². The van der Waals surface area contributed by atoms with Gasteiger partial charge in [-0.1, -0.05) is 17.7 Å². The van der Waals surface area contributed by atoms with Crippen molar-refractivity contribution in [1.82, 2.24) is 0 Å². The summed E-state index contributed by atoms with van der Waals surface area (Å²) in [4.78, 5) is 10.2. The molecule has 2 aromatic rings. The van der Waals surface area contributed by atoms with Gasteiger partial charge in [0, 0.05) is 17.2 Å². The summed E-state index contributed by atoms with van der Waals surface area (Å²) in [5, 5.41) is 11.2. The summed E-state index contributed by atoms with van der Waals surface area (Å²) in [7, 11) is -3.83. The number of anilines is 1. The highest BCUT2D eigenvalue weighted by molar-refractivity contribution is 7.92. The molecular formula is C13H11ClN2O4S. The topological polar surface area (TPSA) is 89.3 Å². The van der Waals surface area contributed by atoms with Crippen LogP contribution in [-0.2, 0) is 10.0 Å². The fourth-order valence-electron chi connectivity index (χ4n) is 1.65. The molecule has 1 N–H and O–H groups in total. The van der Waals surface area contributed by atoms with Crippen LogP contribution in [0.4, 0.5) is 11.4 Å². The van der Waals surface area contributed by atoms with Crippen LogP contribution in [0.15, 0.2) is 47.4 Å². The van der Waals surface area contributed by atoms with Crippen molar-refractivity contribution in [2.45, 2.75) is 11.8 Å². The second-order valence-electron chi connectivity index (χ2n) is 4.32. The van der Waals surface area contributed by atoms with Gasteiger partial charge in [0.05, 0.1) is 15.5 Å². The van der Waals surface area contributed by atoms with Gasteiger partial charge >= 0.3 is 0 Å². The highest BCUT2D eigenvalue weighted by Crippen LogP contribution is 2.25. The Hall–Kier alpha value is -2.12. The van der Waals surface area contributed by atoms with E-state index in [1.165, 1.54) is 42.5 Å². The predicted molar refractivity (Wildman–Crippen MR) is 80.1 cm³/mol. The van der Waals surface area contributed by atoms with E-state index >= 15 is 0 Å². The van der Waals surface area contributed by atoms with Crippen LogP contribution in [0.5, 0.6) is 0 Å². The average Bonchev–Trinajstić information content (AvgIpc) is 2.41. The Morgan fingerprint density at radius 3 is 2.33 bits per heavy atom. The van der Waals surface area contributed by atoms with E-state index in [1.807, 2.05) is 0 Å². The Morgan fingerprint density at radius 1 is 1.14 bits per heavy atom. The van der Waals surface area contributed by atoms with Gasteiger partial charge in [-0.2, -0.15) is 0 Å². The van der Waals surface area contributed by atoms with E-state index in [0.717, 1.165) is 0 Å². The third-order valence-electron chi connectivity index (χ3n) is 2.80. The molecule has 0 atom stereocenters. The van der Waals surface area contributed by atoms with Gasteiger partial charge in [-0.15, -0.1) is 0 Å². The zero-order valence-electron chi connectivity index (χ0n) is 10.9. The lowest BCUT2D eigenvalue weighted by molar-refractivity contribution is -0.384. The number of nitro benzene ring substituents is 1. The molecule has 0 radical (unpaired) electrons. The standard InChI is InChI=1S/C13H11ClN2O4S/c1-9-2-5-11(16(17)18)8-13(9)15-21(19,20)12-6-3-10(14)4-7-12/h2-8,15H,1H3. The third kappa shape index (κ3) is 3.50. The third-order valence-corrected chi connectivity index (χ3v) is 4.43. The van der Waals surface area contributed by atoms with Crippen molar-refractivity contribution < 1.29 is 13.3 Å². The number of rotatable bonds is 4. The first-order chi connectivity index (χ1) is 9.79. The number of nitrogens with zero attached hydrogens (tertiary/aromatic N) is 1. The molecule has 2 rings (SSSR count). The molecule has 0 spiro atoms. The second kappa shape index (κ2) is 5.71. The maximum absolute atomic E-state index is 12.2. The summed E-state index contributed by atoms with van der Waals surface area (Å²) in [5.41, 5.74) is 0.562. The molecule has 0 bridgehead atoms. The number of hydrogen-bond acceptors (Lipinski definition) is 4. The first-order valence-electron chi connectivity index (χ1n) is 5.83. The van der Waals surface area contributed by atoms with E-state index in [0.29, 0.717) is 10.6 Å². The van der Waals surface area contributed by atoms with Crippen LogP contribution in [-0.4, -0.2) is 13.3 Å². The Balaban J connectivity index is 2.38. The number of hydrogen-bond donors (Lipinski definition) is 1. The molecule has 0 saturated heterocycles. The summed E-state index contributed by atoms with van der Waals surface area (Å²) in [6, 6.07) is 9.61. The lowest BCUT2D eigenvalue weighted by atomic mass is 10.2. The maximum Gasteiger partial charge on any atom is 0.271 e. The van der Waals surface area contributed by atoms with E-state index in [9.17, 15) is 18.5 Å². The summed E-state index contributed by atoms with van der Waals surface area (Å²) in [6.07, 6.45) is 0. The Bertz CT molecular complexity index is 788. The fourth-order valence-corrected chi connectivity index (χ4v) is 2.90. The van der Waals surface area contributed by atoms with Gasteiger partial charge in [0.15, 0.2) is 0 Å². The van der Waals surface area contributed by atoms with Gasteiger partial charge in [0.2, 0.25) is 0 Å². The van der Waals surface area contributed by atoms with Crippen LogP contribution < -0.4 is 4.72 Å². The molecule has 0 heterocycles. The molecule has 6 nitrogen and oxygen atoms in total. The molecule has 21 heavy (non-hydrogen) atoms. The summed E-state index contributed by atoms with van der Waals surface area (Å²) in [6.45, 7) is 1.66. The van der Waals surface area contributed by atoms with E-state index in [1.54, 1.807) is 6.92 Å². The molecule has 2 aromatic carbocycles. The number of non-ortho nitro benzene ring substituents is 1. The van der Waals surface area contributed by atoms with Gasteiger partial charge < -0.3 is 0 Å². The molecule has 0 fully saturated rings. The number of nitro groups is 1. The van der Waals surface area contributed by atoms with E-state index < -0.39 is 14.9 Å². The zero-order valence-corrected chi connectivity index (χ0v) is 12.5. The van der Waals surface area contributed by atoms with Crippen molar-refractivity contribution in [1.29, 1.82) is 0 Å². The minimum absolute atomic E-state index is 0.0257. The van der Waals surface area contributed by atoms with Gasteiger partial charge in [-0.25, -0.2) is 8.42 Å². The van der Waals surface area contributed by atoms with Gasteiger partial charge in [0.25, 0.3) is 15.7 Å². The minimum Gasteiger partial charge on any atom is -0.279 e. The Labute approximate surface area is 126 Å². The molecule has 0 unspecified atom stereocenters. The maximum atomic E-state index is 12.2. The number of aryl methyl sites for hydroxylation is 1. The second-order valence-corrected chi connectivity index (χ2v) is 6.43. The number of nitrogens with one attached hydrogen (secondary N) is 1. The smallest absolute Gasteiger partial charge is 0.271 e. The predicted octanol–water partition coefficient (Wildman–Crippen LogP) is 3.36. The molecule has 110 valence electrons. The highest BCUT2D eigenvalue weighted by Gasteiger charge is 2.17. The van der Waals surface area contributed by atoms with Crippen molar-refractivity contribution >= 4 is 33.0 Å². The number of sulfonamides is 1. The SMILES string of the molecule is Cc1ccc([N+](=O)[O-])cc1NS(=O)(=O)c1ccc(Cl)cc1. The van der Waals surface area contributed by atoms with Crippen LogP contribution in [0.25, 0.3) is 0 Å². The van der Waals surface area contributed by atoms with Crippen molar-refractivity contribution in [3.63, 3.8) is 0 Å². The van der Waals surface area contributed by atoms with Crippen molar-refractivity contribution in [3.05, 3.63) is 63.2 Å². The van der Waals surface area contributed by atoms with E-state index in [-0.39, 0.29) is 16.3 Å². The number of benzene rings is 2. The highest BCUT2D eigenvalue weighted by atomic mass is 35.5. The van der Waals surface area contributed by atoms with Crippen LogP contribution >= 0.6 is 11.6 Å². The lowest BCUT2D eigenvalue weighted by Gasteiger charge is -2.10. The first kappa shape index (κ1) is 15.3. The Kier molecular flexibility index (Phi) is 4.15. The number of halogens is 1. The monoisotopic (exact) mass is 326 g/mol. The largest absolute Gasteiger partial charge is 0.279 e. The normalized spacial score (nSPS) is 11.1. The van der Waals surface area contributed by atoms with E-state index in [4.69, 9.17) is 11.6 Å². The van der Waals surface area contributed by atoms with Gasteiger partial charge in [0.1, 0.15) is 0 Å². The van der Waals surface area contributed by atoms with Crippen molar-refractivity contribution in [2.75, 3.05) is 4.72 Å². The molecule has 8 heteroatoms. The molecule has 0 aliphatic rings. The summed E-state index contributed by atoms with van der Waals surface area (Å²) in [5.74, 6) is 0. The fraction of sp³-hybridized carbons (Fsp3) is 0.0769. The molecule has 0 aliphatic carbocycles.